The van der Waals surface area contributed by atoms with Gasteiger partial charge in [0.2, 0.25) is 23.6 Å². The Hall–Kier alpha value is -4.11. The van der Waals surface area contributed by atoms with Crippen molar-refractivity contribution in [2.45, 2.75) is 49.9 Å². The molecule has 0 aliphatic carbocycles. The molecule has 0 bridgehead atoms. The number of aromatic amines is 1. The van der Waals surface area contributed by atoms with Gasteiger partial charge in [0.25, 0.3) is 0 Å². The van der Waals surface area contributed by atoms with Crippen molar-refractivity contribution >= 4 is 41.4 Å². The number of amides is 4. The molecule has 0 aliphatic heterocycles. The van der Waals surface area contributed by atoms with E-state index in [0.29, 0.717) is 23.4 Å². The smallest absolute Gasteiger partial charge is 0.326 e. The maximum absolute atomic E-state index is 13.2. The molecule has 212 valence electrons. The van der Waals surface area contributed by atoms with Crippen LogP contribution in [-0.4, -0.2) is 86.0 Å². The number of aromatic hydroxyl groups is 1. The number of carbonyl (C=O) groups excluding carboxylic acids is 4. The Labute approximate surface area is 228 Å². The highest BCUT2D eigenvalue weighted by molar-refractivity contribution is 7.98. The van der Waals surface area contributed by atoms with Crippen molar-refractivity contribution in [1.82, 2.24) is 25.9 Å². The number of thioether (sulfide) groups is 1. The minimum absolute atomic E-state index is 0.0173. The quantitative estimate of drug-likeness (QED) is 0.116. The van der Waals surface area contributed by atoms with Gasteiger partial charge < -0.3 is 42.6 Å². The van der Waals surface area contributed by atoms with Crippen LogP contribution in [0.25, 0.3) is 0 Å². The number of rotatable bonds is 16. The Morgan fingerprint density at radius 3 is 2.15 bits per heavy atom. The molecule has 0 spiro atoms. The van der Waals surface area contributed by atoms with Gasteiger partial charge in [-0.15, -0.1) is 0 Å². The van der Waals surface area contributed by atoms with Crippen molar-refractivity contribution in [3.8, 4) is 5.75 Å². The molecule has 14 nitrogen and oxygen atoms in total. The van der Waals surface area contributed by atoms with Gasteiger partial charge in [-0.05, 0) is 36.1 Å². The number of imidazole rings is 1. The molecule has 4 atom stereocenters. The molecular formula is C24H33N7O7S. The first-order chi connectivity index (χ1) is 18.5. The number of primary amides is 1. The maximum atomic E-state index is 13.2. The summed E-state index contributed by atoms with van der Waals surface area (Å²) in [6.45, 7) is 0. The van der Waals surface area contributed by atoms with Crippen LogP contribution in [-0.2, 0) is 36.8 Å². The Morgan fingerprint density at radius 1 is 0.974 bits per heavy atom. The van der Waals surface area contributed by atoms with Crippen LogP contribution in [0.15, 0.2) is 36.8 Å². The van der Waals surface area contributed by atoms with Gasteiger partial charge in [-0.3, -0.25) is 19.2 Å². The zero-order valence-electron chi connectivity index (χ0n) is 21.3. The Bertz CT molecular complexity index is 1130. The number of aromatic nitrogens is 2. The minimum Gasteiger partial charge on any atom is -0.508 e. The fourth-order valence-corrected chi connectivity index (χ4v) is 3.99. The van der Waals surface area contributed by atoms with Crippen molar-refractivity contribution in [2.75, 3.05) is 12.0 Å². The summed E-state index contributed by atoms with van der Waals surface area (Å²) >= 11 is 1.48. The SMILES string of the molecule is CSCCC(N)C(=O)NC(CC(N)=O)C(=O)NC(Cc1ccc(O)cc1)C(=O)NC(Cc1cnc[nH]1)C(=O)O. The topological polar surface area (TPSA) is 243 Å². The number of nitrogens with zero attached hydrogens (tertiary/aromatic N) is 1. The van der Waals surface area contributed by atoms with Crippen molar-refractivity contribution in [1.29, 1.82) is 0 Å². The Morgan fingerprint density at radius 2 is 1.59 bits per heavy atom. The largest absolute Gasteiger partial charge is 0.508 e. The van der Waals surface area contributed by atoms with E-state index in [4.69, 9.17) is 11.5 Å². The predicted molar refractivity (Wildman–Crippen MR) is 142 cm³/mol. The lowest BCUT2D eigenvalue weighted by atomic mass is 10.0. The summed E-state index contributed by atoms with van der Waals surface area (Å²) in [6, 6.07) is 0.785. The van der Waals surface area contributed by atoms with Gasteiger partial charge in [0.05, 0.1) is 18.8 Å². The monoisotopic (exact) mass is 563 g/mol. The van der Waals surface area contributed by atoms with Crippen LogP contribution in [0, 0.1) is 0 Å². The van der Waals surface area contributed by atoms with Gasteiger partial charge >= 0.3 is 5.97 Å². The summed E-state index contributed by atoms with van der Waals surface area (Å²) in [5, 5.41) is 26.5. The molecule has 0 saturated heterocycles. The van der Waals surface area contributed by atoms with E-state index in [1.54, 1.807) is 0 Å². The molecule has 2 rings (SSSR count). The summed E-state index contributed by atoms with van der Waals surface area (Å²) < 4.78 is 0. The number of hydrogen-bond donors (Lipinski definition) is 8. The van der Waals surface area contributed by atoms with E-state index < -0.39 is 60.2 Å². The predicted octanol–water partition coefficient (Wildman–Crippen LogP) is -1.60. The second-order valence-electron chi connectivity index (χ2n) is 8.73. The Kier molecular flexibility index (Phi) is 12.2. The van der Waals surface area contributed by atoms with Gasteiger partial charge in [-0.2, -0.15) is 11.8 Å². The molecule has 0 radical (unpaired) electrons. The number of hydrogen-bond acceptors (Lipinski definition) is 9. The molecule has 1 aromatic heterocycles. The molecule has 0 aliphatic rings. The summed E-state index contributed by atoms with van der Waals surface area (Å²) in [5.41, 5.74) is 12.1. The van der Waals surface area contributed by atoms with Gasteiger partial charge in [0.15, 0.2) is 0 Å². The maximum Gasteiger partial charge on any atom is 0.326 e. The molecule has 4 amide bonds. The number of phenolic OH excluding ortho intramolecular Hbond substituents is 1. The minimum atomic E-state index is -1.43. The first-order valence-electron chi connectivity index (χ1n) is 11.9. The van der Waals surface area contributed by atoms with Crippen molar-refractivity contribution < 1.29 is 34.2 Å². The number of carbonyl (C=O) groups is 5. The third-order valence-corrected chi connectivity index (χ3v) is 6.25. The summed E-state index contributed by atoms with van der Waals surface area (Å²) in [5.74, 6) is -4.00. The number of H-pyrrole nitrogens is 1. The highest BCUT2D eigenvalue weighted by Gasteiger charge is 2.31. The van der Waals surface area contributed by atoms with E-state index in [0.717, 1.165) is 0 Å². The van der Waals surface area contributed by atoms with Gasteiger partial charge in [0.1, 0.15) is 23.9 Å². The van der Waals surface area contributed by atoms with E-state index in [2.05, 4.69) is 25.9 Å². The van der Waals surface area contributed by atoms with E-state index in [-0.39, 0.29) is 18.6 Å². The van der Waals surface area contributed by atoms with Crippen LogP contribution in [0.2, 0.25) is 0 Å². The van der Waals surface area contributed by atoms with Crippen LogP contribution < -0.4 is 27.4 Å². The summed E-state index contributed by atoms with van der Waals surface area (Å²) in [6.07, 6.45) is 4.20. The van der Waals surface area contributed by atoms with E-state index >= 15 is 0 Å². The fraction of sp³-hybridized carbons (Fsp3) is 0.417. The molecular weight excluding hydrogens is 530 g/mol. The molecule has 2 aromatic rings. The first-order valence-corrected chi connectivity index (χ1v) is 13.3. The zero-order chi connectivity index (χ0) is 28.9. The molecule has 0 saturated carbocycles. The van der Waals surface area contributed by atoms with E-state index in [9.17, 15) is 34.2 Å². The average molecular weight is 564 g/mol. The molecule has 10 N–H and O–H groups in total. The molecule has 4 unspecified atom stereocenters. The normalized spacial score (nSPS) is 13.9. The molecule has 1 aromatic carbocycles. The van der Waals surface area contributed by atoms with Crippen LogP contribution in [0.5, 0.6) is 5.75 Å². The lowest BCUT2D eigenvalue weighted by molar-refractivity contribution is -0.142. The molecule has 0 fully saturated rings. The highest BCUT2D eigenvalue weighted by Crippen LogP contribution is 2.12. The first kappa shape index (κ1) is 31.1. The van der Waals surface area contributed by atoms with Gasteiger partial charge in [0, 0.05) is 24.7 Å². The van der Waals surface area contributed by atoms with Crippen molar-refractivity contribution in [3.05, 3.63) is 48.0 Å². The summed E-state index contributed by atoms with van der Waals surface area (Å²) in [7, 11) is 0. The third-order valence-electron chi connectivity index (χ3n) is 5.61. The van der Waals surface area contributed by atoms with Gasteiger partial charge in [-0.1, -0.05) is 12.1 Å². The molecule has 1 heterocycles. The number of carboxylic acids is 1. The van der Waals surface area contributed by atoms with Crippen LogP contribution in [0.4, 0.5) is 0 Å². The Balaban J connectivity index is 2.24. The number of carboxylic acid groups (broad SMARTS) is 1. The average Bonchev–Trinajstić information content (AvgIpc) is 3.40. The number of aliphatic carboxylic acids is 1. The summed E-state index contributed by atoms with van der Waals surface area (Å²) in [4.78, 5) is 68.9. The standard InChI is InChI=1S/C24H33N7O7S/c1-39-7-6-16(25)21(34)29-18(10-20(26)33)23(36)30-17(8-13-2-4-15(32)5-3-13)22(35)31-19(24(37)38)9-14-11-27-12-28-14/h2-5,11-12,16-19,32H,6-10,25H2,1H3,(H2,26,33)(H,27,28)(H,29,34)(H,30,36)(H,31,35)(H,37,38). The number of nitrogens with two attached hydrogens (primary N) is 2. The molecule has 15 heteroatoms. The lowest BCUT2D eigenvalue weighted by Gasteiger charge is -2.25. The molecule has 39 heavy (non-hydrogen) atoms. The lowest BCUT2D eigenvalue weighted by Crippen LogP contribution is -2.58. The number of nitrogens with one attached hydrogen (secondary N) is 4. The van der Waals surface area contributed by atoms with Crippen molar-refractivity contribution in [3.63, 3.8) is 0 Å². The zero-order valence-corrected chi connectivity index (χ0v) is 22.1. The van der Waals surface area contributed by atoms with Crippen molar-refractivity contribution in [2.24, 2.45) is 11.5 Å². The van der Waals surface area contributed by atoms with E-state index in [1.807, 2.05) is 6.26 Å². The third kappa shape index (κ3) is 10.6. The van der Waals surface area contributed by atoms with Crippen LogP contribution in [0.1, 0.15) is 24.1 Å². The number of benzene rings is 1. The van der Waals surface area contributed by atoms with E-state index in [1.165, 1.54) is 48.6 Å². The number of phenols is 1. The second-order valence-corrected chi connectivity index (χ2v) is 9.72. The van der Waals surface area contributed by atoms with Crippen LogP contribution in [0.3, 0.4) is 0 Å². The fourth-order valence-electron chi connectivity index (χ4n) is 3.50. The van der Waals surface area contributed by atoms with Crippen LogP contribution >= 0.6 is 11.8 Å². The second kappa shape index (κ2) is 15.3. The highest BCUT2D eigenvalue weighted by atomic mass is 32.2. The van der Waals surface area contributed by atoms with Gasteiger partial charge in [-0.25, -0.2) is 9.78 Å².